The van der Waals surface area contributed by atoms with Crippen molar-refractivity contribution in [1.82, 2.24) is 0 Å². The fourth-order valence-corrected chi connectivity index (χ4v) is 6.59. The molecule has 0 heterocycles. The van der Waals surface area contributed by atoms with Crippen molar-refractivity contribution in [3.05, 3.63) is 39.5 Å². The number of fused-ring (bicyclic) bond motifs is 5. The SMILES string of the molecule is C[C@]12CC[C@@H]3c4ccc(O)cc4CC[C@H]3[C@@H]1CC[C@@]2(O)/C=C\[125I]. The van der Waals surface area contributed by atoms with Gasteiger partial charge in [0.05, 0.1) is 5.60 Å². The first-order valence-corrected chi connectivity index (χ1v) is 10.1. The van der Waals surface area contributed by atoms with E-state index in [9.17, 15) is 10.2 Å². The zero-order chi connectivity index (χ0) is 16.2. The molecule has 2 N–H and O–H groups in total. The highest BCUT2D eigenvalue weighted by molar-refractivity contribution is 14.1. The molecule has 0 aliphatic heterocycles. The lowest BCUT2D eigenvalue weighted by molar-refractivity contribution is -0.0708. The van der Waals surface area contributed by atoms with Crippen molar-refractivity contribution in [2.24, 2.45) is 17.3 Å². The highest BCUT2D eigenvalue weighted by Gasteiger charge is 2.60. The quantitative estimate of drug-likeness (QED) is 0.631. The Kier molecular flexibility index (Phi) is 3.80. The van der Waals surface area contributed by atoms with Gasteiger partial charge in [0, 0.05) is 5.41 Å². The van der Waals surface area contributed by atoms with E-state index in [0.29, 0.717) is 23.5 Å². The number of benzene rings is 1. The first-order valence-electron chi connectivity index (χ1n) is 8.80. The van der Waals surface area contributed by atoms with Crippen molar-refractivity contribution in [3.63, 3.8) is 0 Å². The average molecular weight is 422 g/mol. The van der Waals surface area contributed by atoms with E-state index >= 15 is 0 Å². The Morgan fingerprint density at radius 1 is 1.22 bits per heavy atom. The summed E-state index contributed by atoms with van der Waals surface area (Å²) in [6.45, 7) is 2.32. The number of aromatic hydroxyl groups is 1. The van der Waals surface area contributed by atoms with Crippen LogP contribution in [0.5, 0.6) is 5.75 Å². The van der Waals surface area contributed by atoms with Gasteiger partial charge in [0.25, 0.3) is 0 Å². The van der Waals surface area contributed by atoms with Gasteiger partial charge in [-0.2, -0.15) is 0 Å². The van der Waals surface area contributed by atoms with Gasteiger partial charge in [-0.25, -0.2) is 0 Å². The van der Waals surface area contributed by atoms with Crippen molar-refractivity contribution < 1.29 is 10.2 Å². The summed E-state index contributed by atoms with van der Waals surface area (Å²) in [6.07, 6.45) is 8.61. The van der Waals surface area contributed by atoms with Gasteiger partial charge in [0.2, 0.25) is 0 Å². The monoisotopic (exact) mass is 422 g/mol. The predicted molar refractivity (Wildman–Crippen MR) is 101 cm³/mol. The second kappa shape index (κ2) is 5.48. The van der Waals surface area contributed by atoms with Gasteiger partial charge in [-0.1, -0.05) is 35.6 Å². The molecule has 3 heteroatoms. The van der Waals surface area contributed by atoms with Crippen LogP contribution in [0, 0.1) is 17.3 Å². The Morgan fingerprint density at radius 3 is 2.83 bits per heavy atom. The van der Waals surface area contributed by atoms with Gasteiger partial charge in [0.15, 0.2) is 0 Å². The molecule has 4 rings (SSSR count). The number of aliphatic hydroxyl groups is 1. The minimum atomic E-state index is -0.626. The van der Waals surface area contributed by atoms with E-state index in [1.165, 1.54) is 17.5 Å². The molecule has 3 aliphatic carbocycles. The minimum Gasteiger partial charge on any atom is -0.508 e. The molecule has 23 heavy (non-hydrogen) atoms. The molecule has 0 aromatic heterocycles. The van der Waals surface area contributed by atoms with Crippen molar-refractivity contribution in [3.8, 4) is 5.75 Å². The summed E-state index contributed by atoms with van der Waals surface area (Å²) >= 11 is 2.23. The predicted octanol–water partition coefficient (Wildman–Crippen LogP) is 4.93. The van der Waals surface area contributed by atoms with Crippen LogP contribution in [0.25, 0.3) is 0 Å². The summed E-state index contributed by atoms with van der Waals surface area (Å²) in [6, 6.07) is 5.96. The molecule has 124 valence electrons. The minimum absolute atomic E-state index is 0.0181. The number of phenolic OH excluding ortho intramolecular Hbond substituents is 1. The topological polar surface area (TPSA) is 40.5 Å². The van der Waals surface area contributed by atoms with Crippen LogP contribution in [0.1, 0.15) is 56.1 Å². The van der Waals surface area contributed by atoms with Gasteiger partial charge in [-0.15, -0.1) is 0 Å². The summed E-state index contributed by atoms with van der Waals surface area (Å²) in [5.41, 5.74) is 2.19. The van der Waals surface area contributed by atoms with Crippen molar-refractivity contribution in [2.45, 2.75) is 57.0 Å². The van der Waals surface area contributed by atoms with E-state index in [2.05, 4.69) is 35.6 Å². The lowest BCUT2D eigenvalue weighted by Gasteiger charge is -2.52. The Hall–Kier alpha value is -0.550. The molecular weight excluding hydrogens is 397 g/mol. The van der Waals surface area contributed by atoms with Crippen LogP contribution in [0.2, 0.25) is 0 Å². The number of hydrogen-bond acceptors (Lipinski definition) is 2. The number of halogens is 1. The molecule has 0 unspecified atom stereocenters. The van der Waals surface area contributed by atoms with E-state index in [1.54, 1.807) is 0 Å². The van der Waals surface area contributed by atoms with E-state index in [4.69, 9.17) is 0 Å². The molecule has 0 radical (unpaired) electrons. The number of phenols is 1. The first kappa shape index (κ1) is 15.9. The number of hydrogen-bond donors (Lipinski definition) is 2. The molecule has 0 bridgehead atoms. The molecular formula is C20H25IO2. The van der Waals surface area contributed by atoms with Gasteiger partial charge in [0.1, 0.15) is 5.75 Å². The second-order valence-electron chi connectivity index (χ2n) is 8.01. The summed E-state index contributed by atoms with van der Waals surface area (Å²) < 4.78 is 2.00. The lowest BCUT2D eigenvalue weighted by atomic mass is 9.53. The van der Waals surface area contributed by atoms with Crippen LogP contribution >= 0.6 is 22.6 Å². The maximum atomic E-state index is 11.2. The lowest BCUT2D eigenvalue weighted by Crippen LogP contribution is -2.49. The molecule has 2 saturated carbocycles. The third-order valence-electron chi connectivity index (χ3n) is 7.26. The molecule has 0 saturated heterocycles. The van der Waals surface area contributed by atoms with Crippen molar-refractivity contribution in [1.29, 1.82) is 0 Å². The van der Waals surface area contributed by atoms with Gasteiger partial charge in [-0.3, -0.25) is 0 Å². The largest absolute Gasteiger partial charge is 0.508 e. The molecule has 2 fully saturated rings. The van der Waals surface area contributed by atoms with E-state index in [1.807, 2.05) is 22.3 Å². The van der Waals surface area contributed by atoms with Crippen molar-refractivity contribution >= 4 is 22.6 Å². The van der Waals surface area contributed by atoms with Gasteiger partial charge in [-0.05, 0) is 89.7 Å². The van der Waals surface area contributed by atoms with Crippen LogP contribution in [0.3, 0.4) is 0 Å². The average Bonchev–Trinajstić information content (AvgIpc) is 2.79. The van der Waals surface area contributed by atoms with E-state index < -0.39 is 5.60 Å². The molecule has 0 spiro atoms. The Morgan fingerprint density at radius 2 is 2.04 bits per heavy atom. The Bertz CT molecular complexity index is 655. The second-order valence-corrected chi connectivity index (χ2v) is 8.73. The Labute approximate surface area is 152 Å². The molecule has 2 nitrogen and oxygen atoms in total. The fraction of sp³-hybridized carbons (Fsp3) is 0.600. The molecule has 5 atom stereocenters. The molecule has 0 amide bonds. The van der Waals surface area contributed by atoms with Crippen LogP contribution in [0.15, 0.2) is 28.4 Å². The van der Waals surface area contributed by atoms with Gasteiger partial charge >= 0.3 is 0 Å². The van der Waals surface area contributed by atoms with E-state index in [0.717, 1.165) is 32.1 Å². The van der Waals surface area contributed by atoms with Crippen LogP contribution in [0.4, 0.5) is 0 Å². The third-order valence-corrected chi connectivity index (χ3v) is 7.62. The van der Waals surface area contributed by atoms with Crippen LogP contribution in [-0.4, -0.2) is 15.8 Å². The maximum Gasteiger partial charge on any atom is 0.115 e. The van der Waals surface area contributed by atoms with Crippen LogP contribution in [-0.2, 0) is 6.42 Å². The highest BCUT2D eigenvalue weighted by Crippen LogP contribution is 2.64. The zero-order valence-corrected chi connectivity index (χ0v) is 15.8. The van der Waals surface area contributed by atoms with Crippen LogP contribution < -0.4 is 0 Å². The molecule has 1 aromatic carbocycles. The Balaban J connectivity index is 1.70. The summed E-state index contributed by atoms with van der Waals surface area (Å²) in [4.78, 5) is 0. The number of aryl methyl sites for hydroxylation is 1. The summed E-state index contributed by atoms with van der Waals surface area (Å²) in [5.74, 6) is 2.30. The maximum absolute atomic E-state index is 11.2. The number of rotatable bonds is 1. The standard InChI is InChI=1S/C20H25IO2/c1-19-8-6-16-15-5-3-14(22)12-13(15)2-4-17(16)18(19)7-9-20(19,23)10-11-21/h3,5,10-12,16-18,22-23H,2,4,6-9H2,1H3/b11-10-/t16-,17-,18+,19+,20-/m1/s1/i21-2. The molecule has 3 aliphatic rings. The van der Waals surface area contributed by atoms with Gasteiger partial charge < -0.3 is 10.2 Å². The zero-order valence-electron chi connectivity index (χ0n) is 13.6. The normalized spacial score (nSPS) is 42.3. The fourth-order valence-electron chi connectivity index (χ4n) is 6.00. The summed E-state index contributed by atoms with van der Waals surface area (Å²) in [7, 11) is 0. The summed E-state index contributed by atoms with van der Waals surface area (Å²) in [5, 5.41) is 21.0. The smallest absolute Gasteiger partial charge is 0.115 e. The third kappa shape index (κ3) is 2.22. The highest BCUT2D eigenvalue weighted by atomic mass is 125. The van der Waals surface area contributed by atoms with E-state index in [-0.39, 0.29) is 5.41 Å². The first-order chi connectivity index (χ1) is 11.0. The molecule has 1 aromatic rings. The van der Waals surface area contributed by atoms with Crippen molar-refractivity contribution in [2.75, 3.05) is 0 Å².